The molecule has 3 rings (SSSR count). The molecule has 0 saturated carbocycles. The Morgan fingerprint density at radius 3 is 2.70 bits per heavy atom. The standard InChI is InChI=1S/C24H25FN2O3/c1-3-4-5-6-7-18-8-10-19(11-9-18)22-13-12-20(14-23(22)25)27-16-21(30-24(27)29)15-26-17(2)28/h1,8-14,21H,4-7,15-16H2,2H3,(H,26,28)/t21-/m0/s1. The molecule has 0 bridgehead atoms. The fraction of sp³-hybridized carbons (Fsp3) is 0.333. The molecule has 30 heavy (non-hydrogen) atoms. The number of nitrogens with zero attached hydrogens (tertiary/aromatic N) is 1. The van der Waals surface area contributed by atoms with Crippen LogP contribution in [0.25, 0.3) is 11.1 Å². The fourth-order valence-corrected chi connectivity index (χ4v) is 3.41. The molecule has 2 aromatic carbocycles. The van der Waals surface area contributed by atoms with Crippen molar-refractivity contribution < 1.29 is 18.7 Å². The van der Waals surface area contributed by atoms with Crippen LogP contribution in [-0.4, -0.2) is 31.2 Å². The summed E-state index contributed by atoms with van der Waals surface area (Å²) in [5.41, 5.74) is 2.87. The smallest absolute Gasteiger partial charge is 0.414 e. The van der Waals surface area contributed by atoms with Gasteiger partial charge in [0.1, 0.15) is 11.9 Å². The number of carbonyl (C=O) groups is 2. The van der Waals surface area contributed by atoms with Gasteiger partial charge in [0.15, 0.2) is 0 Å². The lowest BCUT2D eigenvalue weighted by atomic mass is 10.0. The number of amides is 2. The summed E-state index contributed by atoms with van der Waals surface area (Å²) in [5.74, 6) is 2.03. The summed E-state index contributed by atoms with van der Waals surface area (Å²) in [6, 6.07) is 12.5. The van der Waals surface area contributed by atoms with Crippen molar-refractivity contribution in [3.05, 3.63) is 53.8 Å². The van der Waals surface area contributed by atoms with Crippen LogP contribution in [-0.2, 0) is 16.0 Å². The quantitative estimate of drug-likeness (QED) is 0.523. The van der Waals surface area contributed by atoms with E-state index in [-0.39, 0.29) is 19.0 Å². The van der Waals surface area contributed by atoms with E-state index >= 15 is 0 Å². The molecule has 5 nitrogen and oxygen atoms in total. The van der Waals surface area contributed by atoms with Crippen molar-refractivity contribution >= 4 is 17.7 Å². The predicted octanol–water partition coefficient (Wildman–Crippen LogP) is 4.30. The molecule has 0 spiro atoms. The van der Waals surface area contributed by atoms with Crippen molar-refractivity contribution in [1.29, 1.82) is 0 Å². The minimum Gasteiger partial charge on any atom is -0.442 e. The molecule has 156 valence electrons. The third-order valence-corrected chi connectivity index (χ3v) is 5.02. The number of aryl methyl sites for hydroxylation is 1. The van der Waals surface area contributed by atoms with E-state index in [4.69, 9.17) is 11.2 Å². The average molecular weight is 408 g/mol. The second-order valence-electron chi connectivity index (χ2n) is 7.33. The van der Waals surface area contributed by atoms with Gasteiger partial charge in [-0.2, -0.15) is 0 Å². The van der Waals surface area contributed by atoms with Crippen LogP contribution < -0.4 is 10.2 Å². The van der Waals surface area contributed by atoms with Gasteiger partial charge in [0.25, 0.3) is 0 Å². The molecule has 2 amide bonds. The monoisotopic (exact) mass is 408 g/mol. The largest absolute Gasteiger partial charge is 0.442 e. The van der Waals surface area contributed by atoms with Gasteiger partial charge in [-0.1, -0.05) is 24.3 Å². The molecule has 1 heterocycles. The fourth-order valence-electron chi connectivity index (χ4n) is 3.41. The van der Waals surface area contributed by atoms with Crippen LogP contribution in [0.1, 0.15) is 31.7 Å². The Labute approximate surface area is 176 Å². The zero-order valence-corrected chi connectivity index (χ0v) is 17.0. The van der Waals surface area contributed by atoms with Gasteiger partial charge < -0.3 is 10.1 Å². The molecular formula is C24H25FN2O3. The van der Waals surface area contributed by atoms with Crippen LogP contribution in [0.2, 0.25) is 0 Å². The number of hydrogen-bond donors (Lipinski definition) is 1. The van der Waals surface area contributed by atoms with Gasteiger partial charge >= 0.3 is 6.09 Å². The minimum atomic E-state index is -0.549. The number of cyclic esters (lactones) is 1. The molecule has 1 saturated heterocycles. The number of nitrogens with one attached hydrogen (secondary N) is 1. The molecule has 1 aliphatic rings. The Hall–Kier alpha value is -3.33. The third kappa shape index (κ3) is 5.38. The number of carbonyl (C=O) groups excluding carboxylic acids is 2. The van der Waals surface area contributed by atoms with Crippen molar-refractivity contribution in [2.45, 2.75) is 38.7 Å². The van der Waals surface area contributed by atoms with E-state index in [0.717, 1.165) is 31.2 Å². The zero-order valence-electron chi connectivity index (χ0n) is 17.0. The highest BCUT2D eigenvalue weighted by atomic mass is 19.1. The highest BCUT2D eigenvalue weighted by molar-refractivity contribution is 5.90. The number of hydrogen-bond acceptors (Lipinski definition) is 3. The summed E-state index contributed by atoms with van der Waals surface area (Å²) in [6.45, 7) is 1.88. The topological polar surface area (TPSA) is 58.6 Å². The van der Waals surface area contributed by atoms with Gasteiger partial charge in [0.05, 0.1) is 18.8 Å². The van der Waals surface area contributed by atoms with Gasteiger partial charge in [0.2, 0.25) is 5.91 Å². The number of unbranched alkanes of at least 4 members (excludes halogenated alkanes) is 2. The van der Waals surface area contributed by atoms with Crippen molar-refractivity contribution in [3.8, 4) is 23.5 Å². The third-order valence-electron chi connectivity index (χ3n) is 5.02. The summed E-state index contributed by atoms with van der Waals surface area (Å²) in [6.07, 6.45) is 8.01. The first-order chi connectivity index (χ1) is 14.5. The summed E-state index contributed by atoms with van der Waals surface area (Å²) >= 11 is 0. The Morgan fingerprint density at radius 1 is 1.27 bits per heavy atom. The van der Waals surface area contributed by atoms with Crippen LogP contribution in [0.15, 0.2) is 42.5 Å². The van der Waals surface area contributed by atoms with E-state index in [0.29, 0.717) is 11.3 Å². The van der Waals surface area contributed by atoms with Crippen molar-refractivity contribution in [1.82, 2.24) is 5.32 Å². The number of anilines is 1. The number of benzene rings is 2. The van der Waals surface area contributed by atoms with Crippen LogP contribution in [0, 0.1) is 18.2 Å². The maximum Gasteiger partial charge on any atom is 0.414 e. The van der Waals surface area contributed by atoms with Gasteiger partial charge in [-0.25, -0.2) is 9.18 Å². The lowest BCUT2D eigenvalue weighted by Crippen LogP contribution is -2.33. The van der Waals surface area contributed by atoms with Gasteiger partial charge in [-0.05, 0) is 48.6 Å². The SMILES string of the molecule is C#CCCCCc1ccc(-c2ccc(N3C[C@H](CNC(C)=O)OC3=O)cc2F)cc1. The molecule has 1 fully saturated rings. The van der Waals surface area contributed by atoms with E-state index < -0.39 is 18.0 Å². The molecule has 0 aromatic heterocycles. The molecule has 1 atom stereocenters. The first-order valence-corrected chi connectivity index (χ1v) is 10.0. The molecule has 1 N–H and O–H groups in total. The molecular weight excluding hydrogens is 383 g/mol. The Bertz CT molecular complexity index is 950. The molecule has 0 radical (unpaired) electrons. The number of terminal acetylenes is 1. The maximum atomic E-state index is 14.8. The van der Waals surface area contributed by atoms with Crippen LogP contribution in [0.4, 0.5) is 14.9 Å². The number of rotatable bonds is 8. The Balaban J connectivity index is 1.66. The second-order valence-corrected chi connectivity index (χ2v) is 7.33. The molecule has 0 aliphatic carbocycles. The van der Waals surface area contributed by atoms with Crippen LogP contribution >= 0.6 is 0 Å². The van der Waals surface area contributed by atoms with Crippen molar-refractivity contribution in [2.75, 3.05) is 18.0 Å². The first-order valence-electron chi connectivity index (χ1n) is 10.0. The van der Waals surface area contributed by atoms with Gasteiger partial charge in [0, 0.05) is 18.9 Å². The summed E-state index contributed by atoms with van der Waals surface area (Å²) in [4.78, 5) is 24.5. The zero-order chi connectivity index (χ0) is 21.5. The number of halogens is 1. The molecule has 2 aromatic rings. The highest BCUT2D eigenvalue weighted by Gasteiger charge is 2.32. The van der Waals surface area contributed by atoms with E-state index in [1.807, 2.05) is 24.3 Å². The summed E-state index contributed by atoms with van der Waals surface area (Å²) < 4.78 is 20.0. The maximum absolute atomic E-state index is 14.8. The second kappa shape index (κ2) is 9.93. The van der Waals surface area contributed by atoms with E-state index in [1.165, 1.54) is 23.5 Å². The molecule has 1 aliphatic heterocycles. The Morgan fingerprint density at radius 2 is 2.03 bits per heavy atom. The van der Waals surface area contributed by atoms with E-state index in [1.54, 1.807) is 12.1 Å². The lowest BCUT2D eigenvalue weighted by molar-refractivity contribution is -0.119. The number of ether oxygens (including phenoxy) is 1. The predicted molar refractivity (Wildman–Crippen MR) is 115 cm³/mol. The normalized spacial score (nSPS) is 15.6. The van der Waals surface area contributed by atoms with E-state index in [9.17, 15) is 14.0 Å². The van der Waals surface area contributed by atoms with Gasteiger partial charge in [-0.15, -0.1) is 12.3 Å². The molecule has 6 heteroatoms. The summed E-state index contributed by atoms with van der Waals surface area (Å²) in [5, 5.41) is 2.62. The average Bonchev–Trinajstić information content (AvgIpc) is 3.11. The Kier molecular flexibility index (Phi) is 7.08. The van der Waals surface area contributed by atoms with Gasteiger partial charge in [-0.3, -0.25) is 9.69 Å². The van der Waals surface area contributed by atoms with Crippen molar-refractivity contribution in [3.63, 3.8) is 0 Å². The highest BCUT2D eigenvalue weighted by Crippen LogP contribution is 2.29. The van der Waals surface area contributed by atoms with Crippen molar-refractivity contribution in [2.24, 2.45) is 0 Å². The molecule has 0 unspecified atom stereocenters. The first kappa shape index (κ1) is 21.4. The minimum absolute atomic E-state index is 0.196. The van der Waals surface area contributed by atoms with Crippen LogP contribution in [0.5, 0.6) is 0 Å². The summed E-state index contributed by atoms with van der Waals surface area (Å²) in [7, 11) is 0. The van der Waals surface area contributed by atoms with Crippen LogP contribution in [0.3, 0.4) is 0 Å². The van der Waals surface area contributed by atoms with E-state index in [2.05, 4.69) is 11.2 Å². The lowest BCUT2D eigenvalue weighted by Gasteiger charge is -2.14.